The lowest BCUT2D eigenvalue weighted by molar-refractivity contribution is -0.136. The zero-order valence-electron chi connectivity index (χ0n) is 16.5. The van der Waals surface area contributed by atoms with Crippen molar-refractivity contribution in [2.45, 2.75) is 13.8 Å². The van der Waals surface area contributed by atoms with Gasteiger partial charge in [-0.2, -0.15) is 5.10 Å². The molecule has 0 aliphatic rings. The van der Waals surface area contributed by atoms with Gasteiger partial charge in [-0.1, -0.05) is 29.3 Å². The van der Waals surface area contributed by atoms with Gasteiger partial charge >= 0.3 is 5.97 Å². The van der Waals surface area contributed by atoms with Crippen molar-refractivity contribution in [3.63, 3.8) is 0 Å². The van der Waals surface area contributed by atoms with Crippen molar-refractivity contribution >= 4 is 17.8 Å². The van der Waals surface area contributed by atoms with Gasteiger partial charge in [0, 0.05) is 5.56 Å². The molecule has 0 amide bonds. The van der Waals surface area contributed by atoms with Crippen LogP contribution in [0.5, 0.6) is 0 Å². The van der Waals surface area contributed by atoms with Crippen molar-refractivity contribution in [2.75, 3.05) is 13.7 Å². The number of nitrogens with zero attached hydrogens (tertiary/aromatic N) is 3. The van der Waals surface area contributed by atoms with Gasteiger partial charge in [-0.15, -0.1) is 0 Å². The van der Waals surface area contributed by atoms with Crippen LogP contribution in [-0.4, -0.2) is 40.2 Å². The normalized spacial score (nSPS) is 11.2. The van der Waals surface area contributed by atoms with E-state index in [2.05, 4.69) is 15.4 Å². The third-order valence-corrected chi connectivity index (χ3v) is 4.28. The topological polar surface area (TPSA) is 86.1 Å². The predicted molar refractivity (Wildman–Crippen MR) is 110 cm³/mol. The Kier molecular flexibility index (Phi) is 6.19. The summed E-state index contributed by atoms with van der Waals surface area (Å²) in [5.41, 5.74) is 4.47. The van der Waals surface area contributed by atoms with E-state index >= 15 is 0 Å². The highest BCUT2D eigenvalue weighted by Gasteiger charge is 2.13. The highest BCUT2D eigenvalue weighted by Crippen LogP contribution is 2.13. The molecule has 0 aliphatic heterocycles. The lowest BCUT2D eigenvalue weighted by Crippen LogP contribution is -2.27. The Bertz CT molecular complexity index is 1020. The van der Waals surface area contributed by atoms with Gasteiger partial charge in [0.05, 0.1) is 19.3 Å². The Morgan fingerprint density at radius 2 is 1.79 bits per heavy atom. The molecular formula is C22H22N4O3. The number of hydrogen-bond acceptors (Lipinski definition) is 6. The van der Waals surface area contributed by atoms with E-state index < -0.39 is 5.97 Å². The highest BCUT2D eigenvalue weighted by atomic mass is 16.5. The second-order valence-electron chi connectivity index (χ2n) is 6.63. The standard InChI is InChI=1S/C22H22N4O3/c1-15-8-16(2)10-18(9-15)21(27)12-24-20(22(28)29-3)11-17-4-6-19(7-5-17)26-14-23-13-25-26/h4-11,13-14,24H,12H2,1-3H3/b20-11+. The Morgan fingerprint density at radius 3 is 2.38 bits per heavy atom. The number of benzene rings is 2. The quantitative estimate of drug-likeness (QED) is 0.379. The second-order valence-corrected chi connectivity index (χ2v) is 6.63. The van der Waals surface area contributed by atoms with E-state index in [0.29, 0.717) is 5.56 Å². The number of carbonyl (C=O) groups excluding carboxylic acids is 2. The first-order chi connectivity index (χ1) is 14.0. The molecule has 0 radical (unpaired) electrons. The zero-order valence-corrected chi connectivity index (χ0v) is 16.5. The van der Waals surface area contributed by atoms with Gasteiger partial charge in [-0.3, -0.25) is 4.79 Å². The number of aryl methyl sites for hydroxylation is 2. The molecule has 0 saturated heterocycles. The lowest BCUT2D eigenvalue weighted by Gasteiger charge is -2.10. The third-order valence-electron chi connectivity index (χ3n) is 4.28. The van der Waals surface area contributed by atoms with Crippen LogP contribution in [0.1, 0.15) is 27.0 Å². The van der Waals surface area contributed by atoms with Crippen LogP contribution in [0.25, 0.3) is 11.8 Å². The molecule has 0 saturated carbocycles. The van der Waals surface area contributed by atoms with Gasteiger partial charge in [-0.05, 0) is 49.8 Å². The Morgan fingerprint density at radius 1 is 1.10 bits per heavy atom. The summed E-state index contributed by atoms with van der Waals surface area (Å²) in [5.74, 6) is -0.647. The maximum absolute atomic E-state index is 12.5. The fraction of sp³-hybridized carbons (Fsp3) is 0.182. The van der Waals surface area contributed by atoms with Gasteiger partial charge < -0.3 is 10.1 Å². The van der Waals surface area contributed by atoms with Gasteiger partial charge in [0.1, 0.15) is 18.4 Å². The summed E-state index contributed by atoms with van der Waals surface area (Å²) in [5, 5.41) is 6.98. The molecule has 1 aromatic heterocycles. The second kappa shape index (κ2) is 8.97. The number of Topliss-reactive ketones (excluding diaryl/α,β-unsaturated/α-hetero) is 1. The molecule has 3 rings (SSSR count). The van der Waals surface area contributed by atoms with E-state index in [1.165, 1.54) is 13.4 Å². The number of aromatic nitrogens is 3. The fourth-order valence-corrected chi connectivity index (χ4v) is 2.94. The maximum atomic E-state index is 12.5. The molecule has 148 valence electrons. The number of hydrogen-bond donors (Lipinski definition) is 1. The maximum Gasteiger partial charge on any atom is 0.354 e. The van der Waals surface area contributed by atoms with Crippen molar-refractivity contribution in [3.8, 4) is 5.69 Å². The SMILES string of the molecule is COC(=O)/C(=C\c1ccc(-n2cncn2)cc1)NCC(=O)c1cc(C)cc(C)c1. The first kappa shape index (κ1) is 20.0. The molecule has 0 unspecified atom stereocenters. The van der Waals surface area contributed by atoms with Crippen LogP contribution in [0.2, 0.25) is 0 Å². The van der Waals surface area contributed by atoms with E-state index in [1.807, 2.05) is 56.3 Å². The number of rotatable bonds is 7. The van der Waals surface area contributed by atoms with E-state index in [0.717, 1.165) is 22.4 Å². The number of methoxy groups -OCH3 is 1. The van der Waals surface area contributed by atoms with E-state index in [1.54, 1.807) is 17.1 Å². The Balaban J connectivity index is 1.75. The largest absolute Gasteiger partial charge is 0.464 e. The number of esters is 1. The van der Waals surface area contributed by atoms with Crippen LogP contribution in [0, 0.1) is 13.8 Å². The van der Waals surface area contributed by atoms with E-state index in [9.17, 15) is 9.59 Å². The summed E-state index contributed by atoms with van der Waals surface area (Å²) < 4.78 is 6.47. The van der Waals surface area contributed by atoms with Gasteiger partial charge in [-0.25, -0.2) is 14.5 Å². The molecule has 0 bridgehead atoms. The lowest BCUT2D eigenvalue weighted by atomic mass is 10.0. The summed E-state index contributed by atoms with van der Waals surface area (Å²) in [4.78, 5) is 28.6. The minimum Gasteiger partial charge on any atom is -0.464 e. The monoisotopic (exact) mass is 390 g/mol. The molecule has 29 heavy (non-hydrogen) atoms. The van der Waals surface area contributed by atoms with Crippen molar-refractivity contribution in [1.29, 1.82) is 0 Å². The van der Waals surface area contributed by atoms with Gasteiger partial charge in [0.15, 0.2) is 5.78 Å². The Hall–Kier alpha value is -3.74. The van der Waals surface area contributed by atoms with Crippen LogP contribution in [0.4, 0.5) is 0 Å². The molecular weight excluding hydrogens is 368 g/mol. The number of carbonyl (C=O) groups is 2. The summed E-state index contributed by atoms with van der Waals surface area (Å²) in [6, 6.07) is 13.1. The van der Waals surface area contributed by atoms with Crippen molar-refractivity contribution in [3.05, 3.63) is 83.1 Å². The van der Waals surface area contributed by atoms with Crippen LogP contribution in [-0.2, 0) is 9.53 Å². The van der Waals surface area contributed by atoms with Crippen molar-refractivity contribution in [1.82, 2.24) is 20.1 Å². The summed E-state index contributed by atoms with van der Waals surface area (Å²) >= 11 is 0. The molecule has 1 N–H and O–H groups in total. The molecule has 0 aliphatic carbocycles. The van der Waals surface area contributed by atoms with Crippen molar-refractivity contribution in [2.24, 2.45) is 0 Å². The molecule has 0 atom stereocenters. The molecule has 0 spiro atoms. The average molecular weight is 390 g/mol. The first-order valence-electron chi connectivity index (χ1n) is 9.06. The minimum absolute atomic E-state index is 0.0130. The predicted octanol–water partition coefficient (Wildman–Crippen LogP) is 2.87. The third kappa shape index (κ3) is 5.16. The first-order valence-corrected chi connectivity index (χ1v) is 9.06. The molecule has 2 aromatic carbocycles. The Labute approximate surface area is 169 Å². The minimum atomic E-state index is -0.543. The summed E-state index contributed by atoms with van der Waals surface area (Å²) in [6.45, 7) is 3.88. The number of ketones is 1. The van der Waals surface area contributed by atoms with E-state index in [4.69, 9.17) is 4.74 Å². The summed E-state index contributed by atoms with van der Waals surface area (Å²) in [7, 11) is 1.30. The molecule has 0 fully saturated rings. The number of nitrogens with one attached hydrogen (secondary N) is 1. The van der Waals surface area contributed by atoms with Crippen LogP contribution in [0.3, 0.4) is 0 Å². The smallest absolute Gasteiger partial charge is 0.354 e. The van der Waals surface area contributed by atoms with Crippen LogP contribution >= 0.6 is 0 Å². The highest BCUT2D eigenvalue weighted by molar-refractivity contribution is 5.99. The zero-order chi connectivity index (χ0) is 20.8. The molecule has 1 heterocycles. The van der Waals surface area contributed by atoms with Gasteiger partial charge in [0.25, 0.3) is 0 Å². The number of ether oxygens (including phenoxy) is 1. The average Bonchev–Trinajstić information content (AvgIpc) is 3.25. The van der Waals surface area contributed by atoms with Crippen LogP contribution in [0.15, 0.2) is 60.8 Å². The van der Waals surface area contributed by atoms with Gasteiger partial charge in [0.2, 0.25) is 0 Å². The fourth-order valence-electron chi connectivity index (χ4n) is 2.94. The molecule has 3 aromatic rings. The van der Waals surface area contributed by atoms with E-state index in [-0.39, 0.29) is 18.0 Å². The molecule has 7 nitrogen and oxygen atoms in total. The summed E-state index contributed by atoms with van der Waals surface area (Å²) in [6.07, 6.45) is 4.70. The van der Waals surface area contributed by atoms with Crippen molar-refractivity contribution < 1.29 is 14.3 Å². The molecule has 7 heteroatoms. The van der Waals surface area contributed by atoms with Crippen LogP contribution < -0.4 is 5.32 Å².